The standard InChI is InChI=1S/C18H21NO4/c1-22-15-9-8-13(10-16(15)23-2)11-18(19,12-17(20)21)14-6-4-3-5-7-14/h3-10H,11-12,19H2,1-2H3,(H,20,21)/t18-/m1/s1. The predicted octanol–water partition coefficient (Wildman–Crippen LogP) is 2.58. The summed E-state index contributed by atoms with van der Waals surface area (Å²) >= 11 is 0. The minimum Gasteiger partial charge on any atom is -0.493 e. The van der Waals surface area contributed by atoms with E-state index < -0.39 is 11.5 Å². The van der Waals surface area contributed by atoms with E-state index in [-0.39, 0.29) is 6.42 Å². The van der Waals surface area contributed by atoms with Crippen LogP contribution in [0.1, 0.15) is 17.5 Å². The van der Waals surface area contributed by atoms with Crippen LogP contribution in [0, 0.1) is 0 Å². The minimum atomic E-state index is -0.993. The Morgan fingerprint density at radius 1 is 1.09 bits per heavy atom. The third kappa shape index (κ3) is 4.02. The maximum Gasteiger partial charge on any atom is 0.305 e. The largest absolute Gasteiger partial charge is 0.493 e. The van der Waals surface area contributed by atoms with Gasteiger partial charge in [-0.25, -0.2) is 0 Å². The molecular weight excluding hydrogens is 294 g/mol. The van der Waals surface area contributed by atoms with Crippen LogP contribution in [0.3, 0.4) is 0 Å². The highest BCUT2D eigenvalue weighted by molar-refractivity contribution is 5.69. The summed E-state index contributed by atoms with van der Waals surface area (Å²) in [5.74, 6) is 0.282. The van der Waals surface area contributed by atoms with Crippen molar-refractivity contribution in [3.8, 4) is 11.5 Å². The molecule has 0 unspecified atom stereocenters. The molecule has 5 heteroatoms. The van der Waals surface area contributed by atoms with Gasteiger partial charge in [-0.3, -0.25) is 4.79 Å². The van der Waals surface area contributed by atoms with E-state index in [1.54, 1.807) is 20.3 Å². The lowest BCUT2D eigenvalue weighted by Crippen LogP contribution is -2.41. The van der Waals surface area contributed by atoms with Crippen molar-refractivity contribution in [3.63, 3.8) is 0 Å². The zero-order valence-electron chi connectivity index (χ0n) is 13.3. The van der Waals surface area contributed by atoms with Gasteiger partial charge in [-0.15, -0.1) is 0 Å². The van der Waals surface area contributed by atoms with Gasteiger partial charge in [0, 0.05) is 0 Å². The molecule has 0 aromatic heterocycles. The van der Waals surface area contributed by atoms with E-state index in [0.29, 0.717) is 17.9 Å². The quantitative estimate of drug-likeness (QED) is 0.820. The fourth-order valence-electron chi connectivity index (χ4n) is 2.66. The Kier molecular flexibility index (Phi) is 5.24. The summed E-state index contributed by atoms with van der Waals surface area (Å²) in [6.07, 6.45) is 0.217. The molecule has 0 fully saturated rings. The van der Waals surface area contributed by atoms with Crippen molar-refractivity contribution in [2.24, 2.45) is 5.73 Å². The van der Waals surface area contributed by atoms with Gasteiger partial charge < -0.3 is 20.3 Å². The highest BCUT2D eigenvalue weighted by Gasteiger charge is 2.31. The van der Waals surface area contributed by atoms with Gasteiger partial charge in [-0.2, -0.15) is 0 Å². The van der Waals surface area contributed by atoms with Crippen molar-refractivity contribution in [3.05, 3.63) is 59.7 Å². The summed E-state index contributed by atoms with van der Waals surface area (Å²) < 4.78 is 10.5. The van der Waals surface area contributed by atoms with Gasteiger partial charge in [-0.1, -0.05) is 36.4 Å². The van der Waals surface area contributed by atoms with E-state index >= 15 is 0 Å². The van der Waals surface area contributed by atoms with E-state index in [1.807, 2.05) is 42.5 Å². The van der Waals surface area contributed by atoms with Crippen molar-refractivity contribution in [1.82, 2.24) is 0 Å². The van der Waals surface area contributed by atoms with Gasteiger partial charge in [0.1, 0.15) is 0 Å². The fraction of sp³-hybridized carbons (Fsp3) is 0.278. The molecule has 0 saturated heterocycles. The first-order valence-electron chi connectivity index (χ1n) is 7.25. The van der Waals surface area contributed by atoms with Crippen LogP contribution in [-0.2, 0) is 16.8 Å². The normalized spacial score (nSPS) is 13.2. The molecule has 23 heavy (non-hydrogen) atoms. The monoisotopic (exact) mass is 315 g/mol. The smallest absolute Gasteiger partial charge is 0.305 e. The summed E-state index contributed by atoms with van der Waals surface area (Å²) in [4.78, 5) is 11.3. The van der Waals surface area contributed by atoms with Gasteiger partial charge in [0.25, 0.3) is 0 Å². The zero-order valence-corrected chi connectivity index (χ0v) is 13.3. The van der Waals surface area contributed by atoms with Crippen molar-refractivity contribution >= 4 is 5.97 Å². The molecule has 0 spiro atoms. The highest BCUT2D eigenvalue weighted by atomic mass is 16.5. The van der Waals surface area contributed by atoms with Crippen LogP contribution in [0.4, 0.5) is 0 Å². The Morgan fingerprint density at radius 3 is 2.30 bits per heavy atom. The minimum absolute atomic E-state index is 0.161. The molecule has 2 aromatic carbocycles. The number of methoxy groups -OCH3 is 2. The van der Waals surface area contributed by atoms with Crippen molar-refractivity contribution < 1.29 is 19.4 Å². The van der Waals surface area contributed by atoms with Crippen LogP contribution in [-0.4, -0.2) is 25.3 Å². The lowest BCUT2D eigenvalue weighted by Gasteiger charge is -2.29. The van der Waals surface area contributed by atoms with Crippen molar-refractivity contribution in [1.29, 1.82) is 0 Å². The average molecular weight is 315 g/mol. The summed E-state index contributed by atoms with van der Waals surface area (Å²) in [5.41, 5.74) is 7.14. The van der Waals surface area contributed by atoms with E-state index in [9.17, 15) is 9.90 Å². The molecule has 2 aromatic rings. The first-order chi connectivity index (χ1) is 11.0. The molecule has 3 N–H and O–H groups in total. The first-order valence-corrected chi connectivity index (χ1v) is 7.25. The number of carboxylic acids is 1. The zero-order chi connectivity index (χ0) is 16.9. The fourth-order valence-corrected chi connectivity index (χ4v) is 2.66. The number of hydrogen-bond acceptors (Lipinski definition) is 4. The van der Waals surface area contributed by atoms with Gasteiger partial charge in [0.05, 0.1) is 26.2 Å². The number of rotatable bonds is 7. The molecule has 2 rings (SSSR count). The molecule has 0 radical (unpaired) electrons. The number of carboxylic acid groups (broad SMARTS) is 1. The lowest BCUT2D eigenvalue weighted by atomic mass is 9.82. The lowest BCUT2D eigenvalue weighted by molar-refractivity contribution is -0.138. The topological polar surface area (TPSA) is 81.8 Å². The van der Waals surface area contributed by atoms with Crippen LogP contribution in [0.25, 0.3) is 0 Å². The number of benzene rings is 2. The molecule has 122 valence electrons. The van der Waals surface area contributed by atoms with E-state index in [1.165, 1.54) is 0 Å². The number of carbonyl (C=O) groups is 1. The van der Waals surface area contributed by atoms with Crippen molar-refractivity contribution in [2.75, 3.05) is 14.2 Å². The molecule has 0 bridgehead atoms. The van der Waals surface area contributed by atoms with Crippen LogP contribution >= 0.6 is 0 Å². The molecule has 5 nitrogen and oxygen atoms in total. The van der Waals surface area contributed by atoms with Crippen LogP contribution in [0.5, 0.6) is 11.5 Å². The molecule has 0 saturated carbocycles. The van der Waals surface area contributed by atoms with Crippen LogP contribution in [0.2, 0.25) is 0 Å². The SMILES string of the molecule is COc1ccc(C[C@@](N)(CC(=O)O)c2ccccc2)cc1OC. The van der Waals surface area contributed by atoms with E-state index in [0.717, 1.165) is 11.1 Å². The van der Waals surface area contributed by atoms with E-state index in [2.05, 4.69) is 0 Å². The molecule has 0 aliphatic rings. The van der Waals surface area contributed by atoms with Crippen LogP contribution in [0.15, 0.2) is 48.5 Å². The molecule has 0 aliphatic carbocycles. The summed E-state index contributed by atoms with van der Waals surface area (Å²) in [5, 5.41) is 9.25. The maximum atomic E-state index is 11.3. The molecule has 0 heterocycles. The Balaban J connectivity index is 2.37. The number of aliphatic carboxylic acids is 1. The van der Waals surface area contributed by atoms with Crippen molar-refractivity contribution in [2.45, 2.75) is 18.4 Å². The number of ether oxygens (including phenoxy) is 2. The highest BCUT2D eigenvalue weighted by Crippen LogP contribution is 2.32. The molecule has 1 atom stereocenters. The second kappa shape index (κ2) is 7.15. The summed E-state index contributed by atoms with van der Waals surface area (Å²) in [6.45, 7) is 0. The number of hydrogen-bond donors (Lipinski definition) is 2. The average Bonchev–Trinajstić information content (AvgIpc) is 2.54. The molecular formula is C18H21NO4. The summed E-state index contributed by atoms with van der Waals surface area (Å²) in [6, 6.07) is 14.8. The van der Waals surface area contributed by atoms with Gasteiger partial charge in [0.2, 0.25) is 0 Å². The third-order valence-corrected chi connectivity index (χ3v) is 3.78. The maximum absolute atomic E-state index is 11.3. The predicted molar refractivity (Wildman–Crippen MR) is 87.8 cm³/mol. The van der Waals surface area contributed by atoms with Gasteiger partial charge in [0.15, 0.2) is 11.5 Å². The second-order valence-electron chi connectivity index (χ2n) is 5.46. The molecule has 0 amide bonds. The van der Waals surface area contributed by atoms with Crippen LogP contribution < -0.4 is 15.2 Å². The Labute approximate surface area is 135 Å². The Bertz CT molecular complexity index is 672. The van der Waals surface area contributed by atoms with E-state index in [4.69, 9.17) is 15.2 Å². The first kappa shape index (κ1) is 16.8. The number of nitrogens with two attached hydrogens (primary N) is 1. The molecule has 0 aliphatic heterocycles. The van der Waals surface area contributed by atoms with Gasteiger partial charge >= 0.3 is 5.97 Å². The third-order valence-electron chi connectivity index (χ3n) is 3.78. The van der Waals surface area contributed by atoms with Gasteiger partial charge in [-0.05, 0) is 29.7 Å². The Morgan fingerprint density at radius 2 is 1.74 bits per heavy atom. The second-order valence-corrected chi connectivity index (χ2v) is 5.46. The summed E-state index contributed by atoms with van der Waals surface area (Å²) in [7, 11) is 3.13. The Hall–Kier alpha value is -2.53.